The monoisotopic (exact) mass is 202 g/mol. The molecule has 76 valence electrons. The molecule has 1 aromatic rings. The SMILES string of the molecule is OB(O)c1ccc(OCC(F)F)cc1. The lowest BCUT2D eigenvalue weighted by atomic mass is 9.80. The summed E-state index contributed by atoms with van der Waals surface area (Å²) in [6.07, 6.45) is -2.52. The molecule has 3 nitrogen and oxygen atoms in total. The van der Waals surface area contributed by atoms with E-state index < -0.39 is 20.2 Å². The maximum Gasteiger partial charge on any atom is 0.488 e. The summed E-state index contributed by atoms with van der Waals surface area (Å²) < 4.78 is 28.1. The molecule has 0 radical (unpaired) electrons. The molecule has 0 bridgehead atoms. The Morgan fingerprint density at radius 2 is 1.79 bits per heavy atom. The van der Waals surface area contributed by atoms with Gasteiger partial charge < -0.3 is 14.8 Å². The van der Waals surface area contributed by atoms with E-state index in [-0.39, 0.29) is 11.2 Å². The third-order valence-electron chi connectivity index (χ3n) is 1.55. The highest BCUT2D eigenvalue weighted by molar-refractivity contribution is 6.58. The first-order valence-corrected chi connectivity index (χ1v) is 3.96. The zero-order chi connectivity index (χ0) is 10.6. The van der Waals surface area contributed by atoms with Crippen LogP contribution in [0.15, 0.2) is 24.3 Å². The number of rotatable bonds is 4. The fraction of sp³-hybridized carbons (Fsp3) is 0.250. The Balaban J connectivity index is 2.55. The molecule has 0 aliphatic heterocycles. The highest BCUT2D eigenvalue weighted by Gasteiger charge is 2.10. The van der Waals surface area contributed by atoms with E-state index in [9.17, 15) is 8.78 Å². The van der Waals surface area contributed by atoms with Crippen LogP contribution in [0.4, 0.5) is 8.78 Å². The first-order chi connectivity index (χ1) is 6.59. The van der Waals surface area contributed by atoms with E-state index in [1.165, 1.54) is 24.3 Å². The van der Waals surface area contributed by atoms with Crippen LogP contribution >= 0.6 is 0 Å². The van der Waals surface area contributed by atoms with E-state index in [0.29, 0.717) is 0 Å². The summed E-state index contributed by atoms with van der Waals surface area (Å²) in [4.78, 5) is 0. The average Bonchev–Trinajstić information content (AvgIpc) is 2.15. The van der Waals surface area contributed by atoms with Crippen molar-refractivity contribution in [2.75, 3.05) is 6.61 Å². The third kappa shape index (κ3) is 3.31. The van der Waals surface area contributed by atoms with Crippen LogP contribution in [0.3, 0.4) is 0 Å². The van der Waals surface area contributed by atoms with Crippen molar-refractivity contribution in [2.24, 2.45) is 0 Å². The van der Waals surface area contributed by atoms with Gasteiger partial charge in [0.2, 0.25) is 0 Å². The Bertz CT molecular complexity index is 276. The van der Waals surface area contributed by atoms with Gasteiger partial charge in [0.15, 0.2) is 0 Å². The summed E-state index contributed by atoms with van der Waals surface area (Å²) >= 11 is 0. The summed E-state index contributed by atoms with van der Waals surface area (Å²) in [5.74, 6) is 0.273. The van der Waals surface area contributed by atoms with Crippen LogP contribution in [-0.2, 0) is 0 Å². The molecule has 0 aliphatic carbocycles. The minimum absolute atomic E-state index is 0.273. The molecule has 6 heteroatoms. The van der Waals surface area contributed by atoms with Gasteiger partial charge in [0, 0.05) is 0 Å². The first-order valence-electron chi connectivity index (χ1n) is 3.96. The average molecular weight is 202 g/mol. The summed E-state index contributed by atoms with van der Waals surface area (Å²) in [6, 6.07) is 5.59. The van der Waals surface area contributed by atoms with Gasteiger partial charge in [0.05, 0.1) is 0 Å². The number of ether oxygens (including phenoxy) is 1. The minimum atomic E-state index is -2.52. The molecule has 1 aromatic carbocycles. The molecule has 14 heavy (non-hydrogen) atoms. The van der Waals surface area contributed by atoms with Gasteiger partial charge >= 0.3 is 7.12 Å². The maximum absolute atomic E-state index is 11.7. The molecule has 0 fully saturated rings. The zero-order valence-electron chi connectivity index (χ0n) is 7.23. The number of hydrogen-bond acceptors (Lipinski definition) is 3. The second-order valence-corrected chi connectivity index (χ2v) is 2.64. The molecule has 0 heterocycles. The maximum atomic E-state index is 11.7. The predicted molar refractivity (Wildman–Crippen MR) is 47.8 cm³/mol. The predicted octanol–water partition coefficient (Wildman–Crippen LogP) is 0.0103. The number of alkyl halides is 2. The van der Waals surface area contributed by atoms with Crippen molar-refractivity contribution in [3.63, 3.8) is 0 Å². The van der Waals surface area contributed by atoms with Crippen LogP contribution < -0.4 is 10.2 Å². The standard InChI is InChI=1S/C8H9BF2O3/c10-8(11)5-14-7-3-1-6(2-4-7)9(12)13/h1-4,8,12-13H,5H2. The largest absolute Gasteiger partial charge is 0.488 e. The molecule has 1 rings (SSSR count). The molecule has 0 atom stereocenters. The molecular formula is C8H9BF2O3. The Morgan fingerprint density at radius 1 is 1.21 bits per heavy atom. The molecule has 0 unspecified atom stereocenters. The Morgan fingerprint density at radius 3 is 2.21 bits per heavy atom. The number of halogens is 2. The van der Waals surface area contributed by atoms with Crippen molar-refractivity contribution >= 4 is 12.6 Å². The van der Waals surface area contributed by atoms with Gasteiger partial charge in [0.25, 0.3) is 6.43 Å². The second kappa shape index (κ2) is 4.92. The fourth-order valence-electron chi connectivity index (χ4n) is 0.895. The summed E-state index contributed by atoms with van der Waals surface area (Å²) in [5.41, 5.74) is 0.286. The lowest BCUT2D eigenvalue weighted by Gasteiger charge is -2.05. The topological polar surface area (TPSA) is 49.7 Å². The first kappa shape index (κ1) is 10.9. The molecule has 2 N–H and O–H groups in total. The van der Waals surface area contributed by atoms with Gasteiger partial charge in [-0.05, 0) is 17.6 Å². The lowest BCUT2D eigenvalue weighted by molar-refractivity contribution is 0.0819. The minimum Gasteiger partial charge on any atom is -0.488 e. The quantitative estimate of drug-likeness (QED) is 0.676. The highest BCUT2D eigenvalue weighted by Crippen LogP contribution is 2.08. The van der Waals surface area contributed by atoms with E-state index in [2.05, 4.69) is 4.74 Å². The highest BCUT2D eigenvalue weighted by atomic mass is 19.3. The van der Waals surface area contributed by atoms with Gasteiger partial charge in [-0.25, -0.2) is 8.78 Å². The van der Waals surface area contributed by atoms with Crippen LogP contribution in [0.1, 0.15) is 0 Å². The van der Waals surface area contributed by atoms with Crippen molar-refractivity contribution in [1.82, 2.24) is 0 Å². The van der Waals surface area contributed by atoms with Crippen LogP contribution in [0.25, 0.3) is 0 Å². The van der Waals surface area contributed by atoms with Crippen LogP contribution in [0.2, 0.25) is 0 Å². The molecular weight excluding hydrogens is 193 g/mol. The molecule has 0 spiro atoms. The van der Waals surface area contributed by atoms with Crippen molar-refractivity contribution < 1.29 is 23.6 Å². The van der Waals surface area contributed by atoms with Gasteiger partial charge in [-0.2, -0.15) is 0 Å². The smallest absolute Gasteiger partial charge is 0.488 e. The van der Waals surface area contributed by atoms with Gasteiger partial charge in [-0.3, -0.25) is 0 Å². The van der Waals surface area contributed by atoms with Crippen LogP contribution in [0, 0.1) is 0 Å². The van der Waals surface area contributed by atoms with Gasteiger partial charge in [0.1, 0.15) is 12.4 Å². The van der Waals surface area contributed by atoms with Crippen molar-refractivity contribution in [2.45, 2.75) is 6.43 Å². The normalized spacial score (nSPS) is 10.4. The van der Waals surface area contributed by atoms with E-state index in [4.69, 9.17) is 10.0 Å². The summed E-state index contributed by atoms with van der Waals surface area (Å²) in [5, 5.41) is 17.5. The van der Waals surface area contributed by atoms with E-state index >= 15 is 0 Å². The molecule has 0 amide bonds. The van der Waals surface area contributed by atoms with Crippen molar-refractivity contribution in [3.05, 3.63) is 24.3 Å². The summed E-state index contributed by atoms with van der Waals surface area (Å²) in [6.45, 7) is -0.666. The van der Waals surface area contributed by atoms with E-state index in [1.807, 2.05) is 0 Å². The molecule has 0 aromatic heterocycles. The fourth-order valence-corrected chi connectivity index (χ4v) is 0.895. The second-order valence-electron chi connectivity index (χ2n) is 2.64. The number of benzene rings is 1. The van der Waals surface area contributed by atoms with E-state index in [0.717, 1.165) is 0 Å². The van der Waals surface area contributed by atoms with Crippen molar-refractivity contribution in [1.29, 1.82) is 0 Å². The molecule has 0 saturated carbocycles. The van der Waals surface area contributed by atoms with Crippen LogP contribution in [0.5, 0.6) is 5.75 Å². The van der Waals surface area contributed by atoms with Gasteiger partial charge in [-0.15, -0.1) is 0 Å². The zero-order valence-corrected chi connectivity index (χ0v) is 7.23. The third-order valence-corrected chi connectivity index (χ3v) is 1.55. The van der Waals surface area contributed by atoms with Crippen molar-refractivity contribution in [3.8, 4) is 5.75 Å². The molecule has 0 aliphatic rings. The lowest BCUT2D eigenvalue weighted by Crippen LogP contribution is -2.29. The van der Waals surface area contributed by atoms with Gasteiger partial charge in [-0.1, -0.05) is 12.1 Å². The summed E-state index contributed by atoms with van der Waals surface area (Å²) in [7, 11) is -1.56. The Kier molecular flexibility index (Phi) is 3.85. The van der Waals surface area contributed by atoms with E-state index in [1.54, 1.807) is 0 Å². The Labute approximate surface area is 80.1 Å². The Hall–Kier alpha value is -1.14. The molecule has 0 saturated heterocycles. The number of hydrogen-bond donors (Lipinski definition) is 2. The van der Waals surface area contributed by atoms with Crippen LogP contribution in [-0.4, -0.2) is 30.2 Å².